The van der Waals surface area contributed by atoms with Crippen LogP contribution in [0.25, 0.3) is 0 Å². The Morgan fingerprint density at radius 3 is 2.67 bits per heavy atom. The number of halogens is 2. The maximum absolute atomic E-state index is 12.6. The highest BCUT2D eigenvalue weighted by molar-refractivity contribution is 6.35. The molecule has 0 fully saturated rings. The van der Waals surface area contributed by atoms with Crippen LogP contribution in [-0.2, 0) is 6.54 Å². The third-order valence-corrected chi connectivity index (χ3v) is 3.65. The summed E-state index contributed by atoms with van der Waals surface area (Å²) in [5, 5.41) is 4.90. The summed E-state index contributed by atoms with van der Waals surface area (Å²) in [5.74, 6) is -0.223. The number of hydrogen-bond acceptors (Lipinski definition) is 4. The van der Waals surface area contributed by atoms with Crippen LogP contribution in [-0.4, -0.2) is 41.1 Å². The van der Waals surface area contributed by atoms with Crippen LogP contribution in [0, 0.1) is 0 Å². The molecular formula is C14H16Cl2N4O. The van der Waals surface area contributed by atoms with Crippen LogP contribution in [0.4, 0.5) is 5.69 Å². The molecule has 7 heteroatoms. The Kier molecular flexibility index (Phi) is 4.88. The molecule has 2 N–H and O–H groups in total. The van der Waals surface area contributed by atoms with Crippen molar-refractivity contribution in [1.29, 1.82) is 0 Å². The fourth-order valence-electron chi connectivity index (χ4n) is 1.87. The van der Waals surface area contributed by atoms with Gasteiger partial charge in [0.15, 0.2) is 0 Å². The molecule has 0 amide bonds. The molecular weight excluding hydrogens is 311 g/mol. The summed E-state index contributed by atoms with van der Waals surface area (Å²) in [6.07, 6.45) is 1.48. The first-order chi connectivity index (χ1) is 9.90. The number of aromatic nitrogens is 2. The average molecular weight is 327 g/mol. The lowest BCUT2D eigenvalue weighted by molar-refractivity contribution is 0.102. The number of anilines is 1. The van der Waals surface area contributed by atoms with Crippen molar-refractivity contribution in [3.63, 3.8) is 0 Å². The fraction of sp³-hybridized carbons (Fsp3) is 0.286. The maximum Gasteiger partial charge on any atom is 0.212 e. The summed E-state index contributed by atoms with van der Waals surface area (Å²) in [6.45, 7) is 1.32. The Balaban J connectivity index is 2.34. The highest BCUT2D eigenvalue weighted by Gasteiger charge is 2.19. The molecule has 0 aliphatic heterocycles. The van der Waals surface area contributed by atoms with E-state index in [4.69, 9.17) is 28.9 Å². The maximum atomic E-state index is 12.6. The van der Waals surface area contributed by atoms with E-state index >= 15 is 0 Å². The molecule has 112 valence electrons. The smallest absolute Gasteiger partial charge is 0.212 e. The molecule has 21 heavy (non-hydrogen) atoms. The average Bonchev–Trinajstić information content (AvgIpc) is 2.80. The lowest BCUT2D eigenvalue weighted by atomic mass is 10.1. The van der Waals surface area contributed by atoms with Crippen LogP contribution in [0.1, 0.15) is 16.1 Å². The van der Waals surface area contributed by atoms with E-state index in [1.54, 1.807) is 22.9 Å². The summed E-state index contributed by atoms with van der Waals surface area (Å²) in [7, 11) is 3.90. The highest BCUT2D eigenvalue weighted by Crippen LogP contribution is 2.24. The zero-order valence-corrected chi connectivity index (χ0v) is 13.3. The number of carbonyl (C=O) groups excluding carboxylic acids is 1. The van der Waals surface area contributed by atoms with Gasteiger partial charge in [-0.3, -0.25) is 9.48 Å². The number of ketones is 1. The third-order valence-electron chi connectivity index (χ3n) is 3.03. The Hall–Kier alpha value is -1.56. The van der Waals surface area contributed by atoms with Gasteiger partial charge < -0.3 is 10.6 Å². The number of nitrogen functional groups attached to an aromatic ring is 1. The van der Waals surface area contributed by atoms with E-state index in [-0.39, 0.29) is 5.78 Å². The Morgan fingerprint density at radius 2 is 2.05 bits per heavy atom. The molecule has 1 heterocycles. The van der Waals surface area contributed by atoms with Crippen molar-refractivity contribution in [3.8, 4) is 0 Å². The topological polar surface area (TPSA) is 64.2 Å². The summed E-state index contributed by atoms with van der Waals surface area (Å²) in [6, 6.07) is 4.77. The van der Waals surface area contributed by atoms with Crippen LogP contribution in [0.5, 0.6) is 0 Å². The molecule has 2 aromatic rings. The molecule has 5 nitrogen and oxygen atoms in total. The number of nitrogens with two attached hydrogens (primary N) is 1. The van der Waals surface area contributed by atoms with Crippen LogP contribution < -0.4 is 5.73 Å². The normalized spacial score (nSPS) is 11.1. The summed E-state index contributed by atoms with van der Waals surface area (Å²) >= 11 is 12.0. The Morgan fingerprint density at radius 1 is 1.33 bits per heavy atom. The molecule has 0 unspecified atom stereocenters. The van der Waals surface area contributed by atoms with Crippen LogP contribution in [0.3, 0.4) is 0 Å². The van der Waals surface area contributed by atoms with E-state index in [0.29, 0.717) is 33.5 Å². The van der Waals surface area contributed by atoms with Crippen LogP contribution >= 0.6 is 23.2 Å². The first-order valence-electron chi connectivity index (χ1n) is 6.36. The van der Waals surface area contributed by atoms with Crippen molar-refractivity contribution in [3.05, 3.63) is 45.7 Å². The van der Waals surface area contributed by atoms with E-state index in [0.717, 1.165) is 6.54 Å². The van der Waals surface area contributed by atoms with E-state index in [2.05, 4.69) is 5.10 Å². The van der Waals surface area contributed by atoms with Crippen LogP contribution in [0.2, 0.25) is 10.0 Å². The molecule has 0 radical (unpaired) electrons. The zero-order chi connectivity index (χ0) is 15.6. The van der Waals surface area contributed by atoms with Gasteiger partial charge in [-0.25, -0.2) is 0 Å². The third kappa shape index (κ3) is 3.56. The van der Waals surface area contributed by atoms with Crippen molar-refractivity contribution < 1.29 is 4.79 Å². The predicted octanol–water partition coefficient (Wildman–Crippen LogP) is 2.56. The van der Waals surface area contributed by atoms with Crippen molar-refractivity contribution in [2.24, 2.45) is 0 Å². The SMILES string of the molecule is CN(C)CCn1ncc(Cl)c1C(=O)c1ccc(Cl)c(N)c1. The Labute approximate surface area is 133 Å². The van der Waals surface area contributed by atoms with Gasteiger partial charge in [0.2, 0.25) is 5.78 Å². The molecule has 2 rings (SSSR count). The van der Waals surface area contributed by atoms with Gasteiger partial charge in [-0.2, -0.15) is 5.10 Å². The van der Waals surface area contributed by atoms with E-state index in [9.17, 15) is 4.79 Å². The second-order valence-corrected chi connectivity index (χ2v) is 5.75. The molecule has 0 aliphatic rings. The van der Waals surface area contributed by atoms with Crippen molar-refractivity contribution >= 4 is 34.7 Å². The van der Waals surface area contributed by atoms with Gasteiger partial charge in [0.05, 0.1) is 28.5 Å². The molecule has 0 aliphatic carbocycles. The lowest BCUT2D eigenvalue weighted by Gasteiger charge is -2.12. The zero-order valence-electron chi connectivity index (χ0n) is 11.8. The quantitative estimate of drug-likeness (QED) is 0.677. The summed E-state index contributed by atoms with van der Waals surface area (Å²) < 4.78 is 1.61. The molecule has 0 bridgehead atoms. The molecule has 0 atom stereocenters. The van der Waals surface area contributed by atoms with Gasteiger partial charge in [-0.05, 0) is 32.3 Å². The van der Waals surface area contributed by atoms with E-state index in [1.807, 2.05) is 19.0 Å². The second-order valence-electron chi connectivity index (χ2n) is 4.93. The minimum absolute atomic E-state index is 0.223. The van der Waals surface area contributed by atoms with E-state index < -0.39 is 0 Å². The number of likely N-dealkylation sites (N-methyl/N-ethyl adjacent to an activating group) is 1. The van der Waals surface area contributed by atoms with Gasteiger partial charge in [-0.1, -0.05) is 23.2 Å². The first kappa shape index (κ1) is 15.8. The second kappa shape index (κ2) is 6.47. The first-order valence-corrected chi connectivity index (χ1v) is 7.11. The van der Waals surface area contributed by atoms with Gasteiger partial charge in [0, 0.05) is 12.1 Å². The van der Waals surface area contributed by atoms with Gasteiger partial charge in [0.25, 0.3) is 0 Å². The molecule has 1 aromatic carbocycles. The predicted molar refractivity (Wildman–Crippen MR) is 85.1 cm³/mol. The standard InChI is InChI=1S/C14H16Cl2N4O/c1-19(2)5-6-20-13(11(16)8-18-20)14(21)9-3-4-10(15)12(17)7-9/h3-4,7-8H,5-6,17H2,1-2H3. The lowest BCUT2D eigenvalue weighted by Crippen LogP contribution is -2.21. The minimum atomic E-state index is -0.223. The largest absolute Gasteiger partial charge is 0.398 e. The van der Waals surface area contributed by atoms with Crippen molar-refractivity contribution in [2.45, 2.75) is 6.54 Å². The van der Waals surface area contributed by atoms with E-state index in [1.165, 1.54) is 6.20 Å². The van der Waals surface area contributed by atoms with Crippen molar-refractivity contribution in [1.82, 2.24) is 14.7 Å². The van der Waals surface area contributed by atoms with Gasteiger partial charge >= 0.3 is 0 Å². The Bertz CT molecular complexity index is 667. The number of nitrogens with zero attached hydrogens (tertiary/aromatic N) is 3. The minimum Gasteiger partial charge on any atom is -0.398 e. The highest BCUT2D eigenvalue weighted by atomic mass is 35.5. The number of hydrogen-bond donors (Lipinski definition) is 1. The molecule has 0 saturated heterocycles. The molecule has 1 aromatic heterocycles. The summed E-state index contributed by atoms with van der Waals surface area (Å²) in [5.41, 5.74) is 6.90. The van der Waals surface area contributed by atoms with Gasteiger partial charge in [-0.15, -0.1) is 0 Å². The molecule has 0 spiro atoms. The number of carbonyl (C=O) groups is 1. The van der Waals surface area contributed by atoms with Crippen molar-refractivity contribution in [2.75, 3.05) is 26.4 Å². The monoisotopic (exact) mass is 326 g/mol. The van der Waals surface area contributed by atoms with Crippen LogP contribution in [0.15, 0.2) is 24.4 Å². The summed E-state index contributed by atoms with van der Waals surface area (Å²) in [4.78, 5) is 14.6. The van der Waals surface area contributed by atoms with Gasteiger partial charge in [0.1, 0.15) is 5.69 Å². The molecule has 0 saturated carbocycles. The fourth-order valence-corrected chi connectivity index (χ4v) is 2.22. The number of benzene rings is 1. The number of rotatable bonds is 5.